The maximum atomic E-state index is 13.2. The fourth-order valence-electron chi connectivity index (χ4n) is 2.68. The Bertz CT molecular complexity index is 1060. The topological polar surface area (TPSA) is 46.9 Å². The van der Waals surface area contributed by atoms with Crippen molar-refractivity contribution in [3.8, 4) is 11.1 Å². The summed E-state index contributed by atoms with van der Waals surface area (Å²) in [7, 11) is 1.31. The normalized spacial score (nSPS) is 11.5. The molecule has 1 N–H and O–H groups in total. The predicted octanol–water partition coefficient (Wildman–Crippen LogP) is 5.97. The highest BCUT2D eigenvalue weighted by Crippen LogP contribution is 2.35. The van der Waals surface area contributed by atoms with Gasteiger partial charge in [-0.3, -0.25) is 9.48 Å². The number of aryl methyl sites for hydroxylation is 2. The van der Waals surface area contributed by atoms with Crippen LogP contribution in [-0.4, -0.2) is 15.7 Å². The highest BCUT2D eigenvalue weighted by Gasteiger charge is 2.39. The Morgan fingerprint density at radius 1 is 1.14 bits per heavy atom. The van der Waals surface area contributed by atoms with E-state index in [0.717, 1.165) is 16.4 Å². The zero-order valence-electron chi connectivity index (χ0n) is 14.7. The summed E-state index contributed by atoms with van der Waals surface area (Å²) in [5, 5.41) is 6.79. The SMILES string of the molecule is Cc1ccc(-c2cc(Cl)ccc2NC(=O)c2cn(C)nc2C(F)(F)F)cc1Cl. The lowest BCUT2D eigenvalue weighted by atomic mass is 10.0. The monoisotopic (exact) mass is 427 g/mol. The third-order valence-electron chi connectivity index (χ3n) is 4.05. The number of nitrogens with zero attached hydrogens (tertiary/aromatic N) is 2. The van der Waals surface area contributed by atoms with Crippen LogP contribution >= 0.6 is 23.2 Å². The number of carbonyl (C=O) groups is 1. The molecule has 0 fully saturated rings. The second-order valence-corrected chi connectivity index (χ2v) is 7.01. The largest absolute Gasteiger partial charge is 0.435 e. The molecule has 1 amide bonds. The average molecular weight is 428 g/mol. The van der Waals surface area contributed by atoms with Crippen LogP contribution in [0.2, 0.25) is 10.0 Å². The average Bonchev–Trinajstić information content (AvgIpc) is 3.01. The van der Waals surface area contributed by atoms with Gasteiger partial charge < -0.3 is 5.32 Å². The van der Waals surface area contributed by atoms with E-state index in [-0.39, 0.29) is 0 Å². The first-order chi connectivity index (χ1) is 13.1. The molecule has 0 radical (unpaired) electrons. The molecule has 0 bridgehead atoms. The molecule has 1 heterocycles. The number of halogens is 5. The van der Waals surface area contributed by atoms with Crippen LogP contribution in [0.3, 0.4) is 0 Å². The van der Waals surface area contributed by atoms with Gasteiger partial charge in [-0.15, -0.1) is 0 Å². The highest BCUT2D eigenvalue weighted by molar-refractivity contribution is 6.32. The van der Waals surface area contributed by atoms with E-state index in [9.17, 15) is 18.0 Å². The first-order valence-electron chi connectivity index (χ1n) is 8.04. The Morgan fingerprint density at radius 2 is 1.86 bits per heavy atom. The summed E-state index contributed by atoms with van der Waals surface area (Å²) < 4.78 is 40.4. The maximum Gasteiger partial charge on any atom is 0.435 e. The minimum absolute atomic E-state index is 0.297. The molecule has 3 aromatic rings. The number of hydrogen-bond acceptors (Lipinski definition) is 2. The van der Waals surface area contributed by atoms with Crippen molar-refractivity contribution in [1.29, 1.82) is 0 Å². The van der Waals surface area contributed by atoms with E-state index in [4.69, 9.17) is 23.2 Å². The van der Waals surface area contributed by atoms with Gasteiger partial charge in [0.25, 0.3) is 5.91 Å². The number of aromatic nitrogens is 2. The summed E-state index contributed by atoms with van der Waals surface area (Å²) in [4.78, 5) is 12.6. The summed E-state index contributed by atoms with van der Waals surface area (Å²) in [5.74, 6) is -0.929. The fraction of sp³-hybridized carbons (Fsp3) is 0.158. The number of nitrogens with one attached hydrogen (secondary N) is 1. The van der Waals surface area contributed by atoms with Crippen molar-refractivity contribution in [3.63, 3.8) is 0 Å². The van der Waals surface area contributed by atoms with Crippen LogP contribution in [0.1, 0.15) is 21.6 Å². The Hall–Kier alpha value is -2.51. The van der Waals surface area contributed by atoms with Crippen molar-refractivity contribution >= 4 is 34.8 Å². The number of alkyl halides is 3. The molecule has 4 nitrogen and oxygen atoms in total. The lowest BCUT2D eigenvalue weighted by Crippen LogP contribution is -2.18. The van der Waals surface area contributed by atoms with Crippen molar-refractivity contribution in [2.24, 2.45) is 7.05 Å². The van der Waals surface area contributed by atoms with Gasteiger partial charge in [0.15, 0.2) is 5.69 Å². The molecule has 28 heavy (non-hydrogen) atoms. The maximum absolute atomic E-state index is 13.2. The van der Waals surface area contributed by atoms with Gasteiger partial charge in [-0.25, -0.2) is 0 Å². The van der Waals surface area contributed by atoms with Crippen molar-refractivity contribution in [3.05, 3.63) is 69.5 Å². The quantitative estimate of drug-likeness (QED) is 0.559. The van der Waals surface area contributed by atoms with Gasteiger partial charge in [0.1, 0.15) is 0 Å². The van der Waals surface area contributed by atoms with Gasteiger partial charge >= 0.3 is 6.18 Å². The van der Waals surface area contributed by atoms with Gasteiger partial charge in [-0.05, 0) is 42.3 Å². The van der Waals surface area contributed by atoms with E-state index >= 15 is 0 Å². The van der Waals surface area contributed by atoms with E-state index in [2.05, 4.69) is 10.4 Å². The number of amides is 1. The summed E-state index contributed by atoms with van der Waals surface area (Å²) in [5.41, 5.74) is 0.532. The lowest BCUT2D eigenvalue weighted by Gasteiger charge is -2.13. The van der Waals surface area contributed by atoms with Crippen LogP contribution in [0.4, 0.5) is 18.9 Å². The third kappa shape index (κ3) is 4.15. The molecule has 0 atom stereocenters. The first-order valence-corrected chi connectivity index (χ1v) is 8.80. The Labute approximate surface area is 168 Å². The molecule has 146 valence electrons. The zero-order valence-corrected chi connectivity index (χ0v) is 16.2. The molecule has 0 aliphatic carbocycles. The van der Waals surface area contributed by atoms with E-state index in [0.29, 0.717) is 26.9 Å². The summed E-state index contributed by atoms with van der Waals surface area (Å²) >= 11 is 12.2. The number of anilines is 1. The Morgan fingerprint density at radius 3 is 2.50 bits per heavy atom. The molecule has 0 unspecified atom stereocenters. The van der Waals surface area contributed by atoms with E-state index in [1.165, 1.54) is 19.2 Å². The van der Waals surface area contributed by atoms with Gasteiger partial charge in [-0.1, -0.05) is 35.3 Å². The molecule has 0 saturated carbocycles. The first kappa shape index (κ1) is 20.2. The minimum Gasteiger partial charge on any atom is -0.321 e. The lowest BCUT2D eigenvalue weighted by molar-refractivity contribution is -0.141. The van der Waals surface area contributed by atoms with Crippen LogP contribution in [0.5, 0.6) is 0 Å². The molecule has 3 rings (SSSR count). The van der Waals surface area contributed by atoms with E-state index in [1.54, 1.807) is 24.3 Å². The fourth-order valence-corrected chi connectivity index (χ4v) is 3.03. The molecule has 0 aliphatic rings. The molecule has 0 spiro atoms. The van der Waals surface area contributed by atoms with Gasteiger partial charge in [0, 0.05) is 34.5 Å². The standard InChI is InChI=1S/C19H14Cl2F3N3O/c1-10-3-4-11(7-15(10)21)13-8-12(20)5-6-16(13)25-18(28)14-9-27(2)26-17(14)19(22,23)24/h3-9H,1-2H3,(H,25,28). The Balaban J connectivity index is 2.02. The highest BCUT2D eigenvalue weighted by atomic mass is 35.5. The molecule has 0 aliphatic heterocycles. The molecule has 2 aromatic carbocycles. The van der Waals surface area contributed by atoms with Gasteiger partial charge in [0.05, 0.1) is 5.56 Å². The summed E-state index contributed by atoms with van der Waals surface area (Å²) in [6, 6.07) is 9.94. The summed E-state index contributed by atoms with van der Waals surface area (Å²) in [6.45, 7) is 1.84. The van der Waals surface area contributed by atoms with Crippen LogP contribution in [0.25, 0.3) is 11.1 Å². The molecular formula is C19H14Cl2F3N3O. The van der Waals surface area contributed by atoms with Crippen LogP contribution in [-0.2, 0) is 13.2 Å². The second-order valence-electron chi connectivity index (χ2n) is 6.17. The van der Waals surface area contributed by atoms with E-state index < -0.39 is 23.3 Å². The van der Waals surface area contributed by atoms with Crippen LogP contribution < -0.4 is 5.32 Å². The van der Waals surface area contributed by atoms with Crippen molar-refractivity contribution in [2.75, 3.05) is 5.32 Å². The van der Waals surface area contributed by atoms with Gasteiger partial charge in [-0.2, -0.15) is 18.3 Å². The minimum atomic E-state index is -4.75. The van der Waals surface area contributed by atoms with Crippen LogP contribution in [0, 0.1) is 6.92 Å². The molecule has 1 aromatic heterocycles. The predicted molar refractivity (Wildman–Crippen MR) is 103 cm³/mol. The number of hydrogen-bond donors (Lipinski definition) is 1. The van der Waals surface area contributed by atoms with Crippen molar-refractivity contribution in [1.82, 2.24) is 9.78 Å². The van der Waals surface area contributed by atoms with E-state index in [1.807, 2.05) is 6.92 Å². The number of rotatable bonds is 3. The molecule has 0 saturated heterocycles. The molecule has 9 heteroatoms. The zero-order chi connectivity index (χ0) is 20.6. The van der Waals surface area contributed by atoms with Crippen LogP contribution in [0.15, 0.2) is 42.6 Å². The number of benzene rings is 2. The third-order valence-corrected chi connectivity index (χ3v) is 4.70. The van der Waals surface area contributed by atoms with Crippen molar-refractivity contribution in [2.45, 2.75) is 13.1 Å². The van der Waals surface area contributed by atoms with Gasteiger partial charge in [0.2, 0.25) is 0 Å². The second kappa shape index (κ2) is 7.48. The smallest absolute Gasteiger partial charge is 0.321 e. The Kier molecular flexibility index (Phi) is 5.41. The molecular weight excluding hydrogens is 414 g/mol. The number of carbonyl (C=O) groups excluding carboxylic acids is 1. The summed E-state index contributed by atoms with van der Waals surface area (Å²) in [6.07, 6.45) is -3.72. The van der Waals surface area contributed by atoms with Crippen molar-refractivity contribution < 1.29 is 18.0 Å².